The SMILES string of the molecule is O=C(CCl)N[C@@]1(CO)CC[C@@](F)(C(=O)NCc2ccc(Cl)cc2Cl)c2cccnc21. The predicted octanol–water partition coefficient (Wildman–Crippen LogP) is 3.21. The van der Waals surface area contributed by atoms with Crippen LogP contribution in [-0.4, -0.2) is 34.4 Å². The summed E-state index contributed by atoms with van der Waals surface area (Å²) in [5, 5.41) is 16.0. The van der Waals surface area contributed by atoms with E-state index in [2.05, 4.69) is 15.6 Å². The van der Waals surface area contributed by atoms with Crippen LogP contribution >= 0.6 is 34.8 Å². The Morgan fingerprint density at radius 1 is 1.23 bits per heavy atom. The summed E-state index contributed by atoms with van der Waals surface area (Å²) >= 11 is 17.6. The van der Waals surface area contributed by atoms with E-state index in [9.17, 15) is 14.7 Å². The third kappa shape index (κ3) is 4.25. The summed E-state index contributed by atoms with van der Waals surface area (Å²) < 4.78 is 16.0. The summed E-state index contributed by atoms with van der Waals surface area (Å²) in [4.78, 5) is 28.9. The van der Waals surface area contributed by atoms with Crippen LogP contribution in [0.1, 0.15) is 29.7 Å². The first kappa shape index (κ1) is 22.7. The van der Waals surface area contributed by atoms with Crippen LogP contribution in [0.4, 0.5) is 4.39 Å². The van der Waals surface area contributed by atoms with E-state index in [0.29, 0.717) is 15.6 Å². The van der Waals surface area contributed by atoms with Gasteiger partial charge in [0.15, 0.2) is 0 Å². The highest BCUT2D eigenvalue weighted by atomic mass is 35.5. The van der Waals surface area contributed by atoms with Crippen LogP contribution in [0.2, 0.25) is 10.0 Å². The molecule has 0 unspecified atom stereocenters. The van der Waals surface area contributed by atoms with Gasteiger partial charge in [-0.2, -0.15) is 0 Å². The zero-order chi connectivity index (χ0) is 21.9. The van der Waals surface area contributed by atoms with Crippen molar-refractivity contribution in [2.75, 3.05) is 12.5 Å². The smallest absolute Gasteiger partial charge is 0.262 e. The number of nitrogens with one attached hydrogen (secondary N) is 2. The van der Waals surface area contributed by atoms with Gasteiger partial charge >= 0.3 is 0 Å². The number of pyridine rings is 1. The van der Waals surface area contributed by atoms with Crippen LogP contribution in [0, 0.1) is 0 Å². The number of halogens is 4. The van der Waals surface area contributed by atoms with Gasteiger partial charge < -0.3 is 15.7 Å². The fourth-order valence-corrected chi connectivity index (χ4v) is 4.12. The number of hydrogen-bond donors (Lipinski definition) is 3. The molecule has 2 atom stereocenters. The second-order valence-electron chi connectivity index (χ2n) is 7.04. The van der Waals surface area contributed by atoms with E-state index in [1.54, 1.807) is 12.1 Å². The normalized spacial score (nSPS) is 22.8. The highest BCUT2D eigenvalue weighted by molar-refractivity contribution is 6.35. The maximum absolute atomic E-state index is 16.0. The molecule has 0 bridgehead atoms. The zero-order valence-electron chi connectivity index (χ0n) is 15.7. The van der Waals surface area contributed by atoms with Gasteiger partial charge in [-0.05, 0) is 36.6 Å². The van der Waals surface area contributed by atoms with Crippen molar-refractivity contribution < 1.29 is 19.1 Å². The Hall–Kier alpha value is -1.93. The molecule has 1 aromatic carbocycles. The van der Waals surface area contributed by atoms with Gasteiger partial charge in [0.2, 0.25) is 11.6 Å². The summed E-state index contributed by atoms with van der Waals surface area (Å²) in [6, 6.07) is 7.71. The fourth-order valence-electron chi connectivity index (χ4n) is 3.58. The third-order valence-corrected chi connectivity index (χ3v) is 6.00. The van der Waals surface area contributed by atoms with Gasteiger partial charge in [-0.3, -0.25) is 14.6 Å². The molecule has 1 aliphatic rings. The average molecular weight is 475 g/mol. The molecule has 30 heavy (non-hydrogen) atoms. The first-order valence-electron chi connectivity index (χ1n) is 9.11. The maximum Gasteiger partial charge on any atom is 0.262 e. The van der Waals surface area contributed by atoms with E-state index < -0.39 is 29.6 Å². The van der Waals surface area contributed by atoms with Crippen LogP contribution in [0.15, 0.2) is 36.5 Å². The second-order valence-corrected chi connectivity index (χ2v) is 8.15. The van der Waals surface area contributed by atoms with E-state index in [1.807, 2.05) is 0 Å². The lowest BCUT2D eigenvalue weighted by Gasteiger charge is -2.42. The predicted molar refractivity (Wildman–Crippen MR) is 112 cm³/mol. The topological polar surface area (TPSA) is 91.3 Å². The van der Waals surface area contributed by atoms with Crippen molar-refractivity contribution in [3.8, 4) is 0 Å². The van der Waals surface area contributed by atoms with Crippen LogP contribution in [0.5, 0.6) is 0 Å². The second kappa shape index (κ2) is 9.06. The van der Waals surface area contributed by atoms with Gasteiger partial charge in [0.1, 0.15) is 11.4 Å². The molecular formula is C20H19Cl3FN3O3. The summed E-state index contributed by atoms with van der Waals surface area (Å²) in [7, 11) is 0. The van der Waals surface area contributed by atoms with Crippen LogP contribution in [-0.2, 0) is 27.3 Å². The molecule has 10 heteroatoms. The van der Waals surface area contributed by atoms with Gasteiger partial charge in [-0.25, -0.2) is 4.39 Å². The van der Waals surface area contributed by atoms with Crippen molar-refractivity contribution in [2.24, 2.45) is 0 Å². The molecule has 0 fully saturated rings. The van der Waals surface area contributed by atoms with Gasteiger partial charge in [0.25, 0.3) is 5.91 Å². The number of amides is 2. The Bertz CT molecular complexity index is 977. The molecule has 160 valence electrons. The number of rotatable bonds is 6. The highest BCUT2D eigenvalue weighted by Gasteiger charge is 2.52. The molecule has 6 nitrogen and oxygen atoms in total. The Kier molecular flexibility index (Phi) is 6.87. The molecule has 2 aromatic rings. The van der Waals surface area contributed by atoms with Crippen molar-refractivity contribution in [2.45, 2.75) is 30.6 Å². The van der Waals surface area contributed by atoms with Crippen molar-refractivity contribution >= 4 is 46.6 Å². The molecule has 1 aliphatic carbocycles. The highest BCUT2D eigenvalue weighted by Crippen LogP contribution is 2.45. The molecule has 0 radical (unpaired) electrons. The van der Waals surface area contributed by atoms with E-state index >= 15 is 4.39 Å². The Balaban J connectivity index is 1.89. The van der Waals surface area contributed by atoms with Crippen LogP contribution < -0.4 is 10.6 Å². The number of carbonyl (C=O) groups is 2. The number of aliphatic hydroxyl groups is 1. The minimum atomic E-state index is -2.40. The van der Waals surface area contributed by atoms with Crippen molar-refractivity contribution in [1.29, 1.82) is 0 Å². The third-order valence-electron chi connectivity index (χ3n) is 5.17. The summed E-state index contributed by atoms with van der Waals surface area (Å²) in [5.41, 5.74) is -3.05. The molecule has 0 saturated carbocycles. The zero-order valence-corrected chi connectivity index (χ0v) is 18.0. The number of nitrogens with zero attached hydrogens (tertiary/aromatic N) is 1. The number of benzene rings is 1. The monoisotopic (exact) mass is 473 g/mol. The molecule has 1 aromatic heterocycles. The first-order valence-corrected chi connectivity index (χ1v) is 10.4. The number of aromatic nitrogens is 1. The van der Waals surface area contributed by atoms with E-state index in [4.69, 9.17) is 34.8 Å². The number of alkyl halides is 2. The Labute approximate surface area is 187 Å². The largest absolute Gasteiger partial charge is 0.394 e. The van der Waals surface area contributed by atoms with E-state index in [-0.39, 0.29) is 36.5 Å². The van der Waals surface area contributed by atoms with Gasteiger partial charge in [-0.15, -0.1) is 11.6 Å². The van der Waals surface area contributed by atoms with E-state index in [0.717, 1.165) is 0 Å². The van der Waals surface area contributed by atoms with Crippen LogP contribution in [0.3, 0.4) is 0 Å². The van der Waals surface area contributed by atoms with E-state index in [1.165, 1.54) is 24.4 Å². The Morgan fingerprint density at radius 2 is 2.00 bits per heavy atom. The minimum absolute atomic E-state index is 0.00419. The number of carbonyl (C=O) groups excluding carboxylic acids is 2. The molecule has 0 saturated heterocycles. The van der Waals surface area contributed by atoms with Crippen molar-refractivity contribution in [1.82, 2.24) is 15.6 Å². The number of hydrogen-bond acceptors (Lipinski definition) is 4. The van der Waals surface area contributed by atoms with Gasteiger partial charge in [0.05, 0.1) is 12.3 Å². The average Bonchev–Trinajstić information content (AvgIpc) is 2.75. The molecule has 3 N–H and O–H groups in total. The first-order chi connectivity index (χ1) is 14.3. The lowest BCUT2D eigenvalue weighted by molar-refractivity contribution is -0.136. The van der Waals surface area contributed by atoms with Gasteiger partial charge in [0, 0.05) is 28.4 Å². The summed E-state index contributed by atoms with van der Waals surface area (Å²) in [6.45, 7) is -0.512. The number of fused-ring (bicyclic) bond motifs is 1. The molecule has 0 spiro atoms. The summed E-state index contributed by atoms with van der Waals surface area (Å²) in [5.74, 6) is -1.72. The lowest BCUT2D eigenvalue weighted by Crippen LogP contribution is -2.56. The van der Waals surface area contributed by atoms with Gasteiger partial charge in [-0.1, -0.05) is 35.3 Å². The van der Waals surface area contributed by atoms with Crippen LogP contribution in [0.25, 0.3) is 0 Å². The molecular weight excluding hydrogens is 456 g/mol. The molecule has 1 heterocycles. The number of aliphatic hydroxyl groups excluding tert-OH is 1. The summed E-state index contributed by atoms with van der Waals surface area (Å²) in [6.07, 6.45) is 1.10. The van der Waals surface area contributed by atoms with Crippen molar-refractivity contribution in [3.63, 3.8) is 0 Å². The Morgan fingerprint density at radius 3 is 2.67 bits per heavy atom. The molecule has 2 amide bonds. The lowest BCUT2D eigenvalue weighted by atomic mass is 9.72. The maximum atomic E-state index is 16.0. The molecule has 3 rings (SSSR count). The minimum Gasteiger partial charge on any atom is -0.394 e. The molecule has 0 aliphatic heterocycles. The fraction of sp³-hybridized carbons (Fsp3) is 0.350. The quantitative estimate of drug-likeness (QED) is 0.561. The standard InChI is InChI=1S/C20H19Cl3FN3O3/c21-9-16(29)27-19(11-28)5-6-20(24,14-2-1-7-25-17(14)19)18(30)26-10-12-3-4-13(22)8-15(12)23/h1-4,7-8,28H,5-6,9-11H2,(H,26,30)(H,27,29)/t19-,20+/m1/s1. The van der Waals surface area contributed by atoms with Crippen molar-refractivity contribution in [3.05, 3.63) is 63.4 Å².